The Morgan fingerprint density at radius 1 is 1.04 bits per heavy atom. The first kappa shape index (κ1) is 20.5. The number of nitrogens with two attached hydrogens (primary N) is 1. The molecule has 0 saturated heterocycles. The number of rotatable bonds is 13. The average Bonchev–Trinajstić information content (AvgIpc) is 2.66. The van der Waals surface area contributed by atoms with Crippen LogP contribution >= 0.6 is 0 Å². The number of methoxy groups -OCH3 is 1. The van der Waals surface area contributed by atoms with Crippen molar-refractivity contribution in [1.82, 2.24) is 15.6 Å². The molecule has 1 unspecified atom stereocenters. The summed E-state index contributed by atoms with van der Waals surface area (Å²) in [5.74, 6) is 0. The molecule has 0 aliphatic carbocycles. The number of ether oxygens (including phenoxy) is 1. The summed E-state index contributed by atoms with van der Waals surface area (Å²) in [6.45, 7) is 4.18. The van der Waals surface area contributed by atoms with Crippen LogP contribution in [0.15, 0.2) is 48.7 Å². The van der Waals surface area contributed by atoms with Gasteiger partial charge >= 0.3 is 0 Å². The van der Waals surface area contributed by atoms with Crippen LogP contribution in [0.4, 0.5) is 0 Å². The lowest BCUT2D eigenvalue weighted by atomic mass is 10.0. The van der Waals surface area contributed by atoms with Crippen LogP contribution in [0.2, 0.25) is 0 Å². The van der Waals surface area contributed by atoms with E-state index in [4.69, 9.17) is 10.5 Å². The molecule has 1 heterocycles. The van der Waals surface area contributed by atoms with Crippen LogP contribution in [0.5, 0.6) is 0 Å². The highest BCUT2D eigenvalue weighted by Crippen LogP contribution is 2.06. The van der Waals surface area contributed by atoms with E-state index in [1.54, 1.807) is 7.11 Å². The first-order chi connectivity index (χ1) is 12.8. The predicted octanol–water partition coefficient (Wildman–Crippen LogP) is 2.26. The zero-order valence-electron chi connectivity index (χ0n) is 15.8. The molecule has 0 saturated carbocycles. The molecule has 2 aromatic rings. The predicted molar refractivity (Wildman–Crippen MR) is 107 cm³/mol. The molecule has 5 nitrogen and oxygen atoms in total. The summed E-state index contributed by atoms with van der Waals surface area (Å²) in [5.41, 5.74) is 9.87. The smallest absolute Gasteiger partial charge is 0.0587 e. The largest absolute Gasteiger partial charge is 0.383 e. The quantitative estimate of drug-likeness (QED) is 0.480. The van der Waals surface area contributed by atoms with Crippen molar-refractivity contribution >= 4 is 0 Å². The number of nitrogens with zero attached hydrogens (tertiary/aromatic N) is 1. The minimum Gasteiger partial charge on any atom is -0.383 e. The van der Waals surface area contributed by atoms with Gasteiger partial charge in [-0.05, 0) is 49.1 Å². The maximum Gasteiger partial charge on any atom is 0.0587 e. The molecule has 1 aromatic heterocycles. The Morgan fingerprint density at radius 3 is 2.65 bits per heavy atom. The number of aromatic nitrogens is 1. The van der Waals surface area contributed by atoms with Gasteiger partial charge < -0.3 is 21.1 Å². The van der Waals surface area contributed by atoms with E-state index in [9.17, 15) is 0 Å². The first-order valence-corrected chi connectivity index (χ1v) is 9.41. The lowest BCUT2D eigenvalue weighted by Gasteiger charge is -2.12. The van der Waals surface area contributed by atoms with Gasteiger partial charge in [0.1, 0.15) is 0 Å². The first-order valence-electron chi connectivity index (χ1n) is 9.41. The third kappa shape index (κ3) is 8.54. The molecule has 142 valence electrons. The van der Waals surface area contributed by atoms with Crippen LogP contribution in [0.1, 0.15) is 29.7 Å². The fourth-order valence-corrected chi connectivity index (χ4v) is 2.87. The van der Waals surface area contributed by atoms with Gasteiger partial charge in [-0.15, -0.1) is 0 Å². The Hall–Kier alpha value is -1.79. The van der Waals surface area contributed by atoms with Crippen LogP contribution in [-0.4, -0.2) is 37.8 Å². The van der Waals surface area contributed by atoms with Crippen LogP contribution in [0.3, 0.4) is 0 Å². The third-order valence-electron chi connectivity index (χ3n) is 4.27. The number of benzene rings is 1. The van der Waals surface area contributed by atoms with Crippen molar-refractivity contribution in [2.75, 3.05) is 26.8 Å². The molecule has 26 heavy (non-hydrogen) atoms. The highest BCUT2D eigenvalue weighted by Gasteiger charge is 2.04. The van der Waals surface area contributed by atoms with Crippen molar-refractivity contribution in [3.8, 4) is 0 Å². The molecule has 0 amide bonds. The molecule has 0 aliphatic rings. The lowest BCUT2D eigenvalue weighted by molar-refractivity contribution is 0.199. The molecule has 0 radical (unpaired) electrons. The Kier molecular flexibility index (Phi) is 9.90. The molecule has 0 spiro atoms. The number of pyridine rings is 1. The van der Waals surface area contributed by atoms with E-state index in [0.717, 1.165) is 57.7 Å². The normalized spacial score (nSPS) is 12.2. The minimum absolute atomic E-state index is 0.221. The van der Waals surface area contributed by atoms with Crippen molar-refractivity contribution in [2.24, 2.45) is 5.73 Å². The fraction of sp³-hybridized carbons (Fsp3) is 0.476. The van der Waals surface area contributed by atoms with E-state index in [2.05, 4.69) is 45.9 Å². The monoisotopic (exact) mass is 356 g/mol. The van der Waals surface area contributed by atoms with E-state index in [-0.39, 0.29) is 6.04 Å². The molecular weight excluding hydrogens is 324 g/mol. The topological polar surface area (TPSA) is 72.2 Å². The summed E-state index contributed by atoms with van der Waals surface area (Å²) in [6.07, 6.45) is 4.92. The Balaban J connectivity index is 1.59. The second kappa shape index (κ2) is 12.5. The van der Waals surface area contributed by atoms with Crippen LogP contribution in [0.25, 0.3) is 0 Å². The molecule has 0 bridgehead atoms. The lowest BCUT2D eigenvalue weighted by Crippen LogP contribution is -2.25. The zero-order valence-corrected chi connectivity index (χ0v) is 15.8. The number of hydrogen-bond acceptors (Lipinski definition) is 5. The van der Waals surface area contributed by atoms with E-state index < -0.39 is 0 Å². The molecule has 1 atom stereocenters. The third-order valence-corrected chi connectivity index (χ3v) is 4.27. The molecule has 1 aromatic carbocycles. The molecule has 0 aliphatic heterocycles. The second-order valence-corrected chi connectivity index (χ2v) is 6.59. The molecule has 0 fully saturated rings. The minimum atomic E-state index is 0.221. The van der Waals surface area contributed by atoms with E-state index in [1.807, 2.05) is 18.3 Å². The number of hydrogen-bond donors (Lipinski definition) is 3. The maximum absolute atomic E-state index is 6.23. The zero-order chi connectivity index (χ0) is 18.5. The molecule has 4 N–H and O–H groups in total. The van der Waals surface area contributed by atoms with Crippen LogP contribution in [0, 0.1) is 0 Å². The summed E-state index contributed by atoms with van der Waals surface area (Å²) < 4.78 is 5.04. The van der Waals surface area contributed by atoms with Crippen molar-refractivity contribution in [2.45, 2.75) is 38.4 Å². The summed E-state index contributed by atoms with van der Waals surface area (Å²) in [7, 11) is 1.71. The van der Waals surface area contributed by atoms with Crippen molar-refractivity contribution in [1.29, 1.82) is 0 Å². The van der Waals surface area contributed by atoms with Gasteiger partial charge in [-0.1, -0.05) is 30.3 Å². The van der Waals surface area contributed by atoms with Crippen molar-refractivity contribution in [3.05, 3.63) is 65.5 Å². The van der Waals surface area contributed by atoms with Gasteiger partial charge in [0, 0.05) is 39.0 Å². The average molecular weight is 357 g/mol. The van der Waals surface area contributed by atoms with Gasteiger partial charge in [0.2, 0.25) is 0 Å². The fourth-order valence-electron chi connectivity index (χ4n) is 2.87. The summed E-state index contributed by atoms with van der Waals surface area (Å²) >= 11 is 0. The van der Waals surface area contributed by atoms with Crippen molar-refractivity contribution in [3.63, 3.8) is 0 Å². The van der Waals surface area contributed by atoms with Gasteiger partial charge in [-0.25, -0.2) is 0 Å². The van der Waals surface area contributed by atoms with Crippen LogP contribution in [-0.2, 0) is 24.2 Å². The summed E-state index contributed by atoms with van der Waals surface area (Å²) in [5, 5.41) is 6.82. The molecule has 5 heteroatoms. The Labute approximate surface area is 157 Å². The molecule has 2 rings (SSSR count). The standard InChI is InChI=1S/C21H32N4O/c1-26-13-12-24-16-19-9-11-25-21(15-19)17-23-10-5-8-20(22)14-18-6-3-2-4-7-18/h2-4,6-7,9,11,15,20,23-24H,5,8,10,12-14,16-17,22H2,1H3. The second-order valence-electron chi connectivity index (χ2n) is 6.59. The van der Waals surface area contributed by atoms with E-state index in [0.29, 0.717) is 0 Å². The van der Waals surface area contributed by atoms with Gasteiger partial charge in [0.15, 0.2) is 0 Å². The summed E-state index contributed by atoms with van der Waals surface area (Å²) in [6, 6.07) is 14.9. The highest BCUT2D eigenvalue weighted by atomic mass is 16.5. The number of nitrogens with one attached hydrogen (secondary N) is 2. The van der Waals surface area contributed by atoms with E-state index in [1.165, 1.54) is 11.1 Å². The molecular formula is C21H32N4O. The van der Waals surface area contributed by atoms with Gasteiger partial charge in [-0.2, -0.15) is 0 Å². The highest BCUT2D eigenvalue weighted by molar-refractivity contribution is 5.16. The van der Waals surface area contributed by atoms with E-state index >= 15 is 0 Å². The van der Waals surface area contributed by atoms with Crippen LogP contribution < -0.4 is 16.4 Å². The Bertz CT molecular complexity index is 606. The SMILES string of the molecule is COCCNCc1ccnc(CNCCCC(N)Cc2ccccc2)c1. The maximum atomic E-state index is 6.23. The van der Waals surface area contributed by atoms with Gasteiger partial charge in [-0.3, -0.25) is 4.98 Å². The van der Waals surface area contributed by atoms with Crippen molar-refractivity contribution < 1.29 is 4.74 Å². The Morgan fingerprint density at radius 2 is 1.85 bits per heavy atom. The van der Waals surface area contributed by atoms with Gasteiger partial charge in [0.25, 0.3) is 0 Å². The van der Waals surface area contributed by atoms with Gasteiger partial charge in [0.05, 0.1) is 12.3 Å². The summed E-state index contributed by atoms with van der Waals surface area (Å²) in [4.78, 5) is 4.43.